The van der Waals surface area contributed by atoms with Crippen LogP contribution in [-0.2, 0) is 9.59 Å². The molecule has 1 saturated heterocycles. The number of nitrogens with one attached hydrogen (secondary N) is 1. The van der Waals surface area contributed by atoms with Gasteiger partial charge in [0.1, 0.15) is 17.7 Å². The van der Waals surface area contributed by atoms with Gasteiger partial charge in [-0.2, -0.15) is 0 Å². The molecule has 1 aliphatic rings. The van der Waals surface area contributed by atoms with Gasteiger partial charge in [-0.25, -0.2) is 8.78 Å². The predicted octanol–water partition coefficient (Wildman–Crippen LogP) is 4.78. The van der Waals surface area contributed by atoms with E-state index in [1.807, 2.05) is 9.80 Å². The van der Waals surface area contributed by atoms with E-state index in [0.717, 1.165) is 30.4 Å². The number of anilines is 1. The van der Waals surface area contributed by atoms with Crippen LogP contribution in [0.4, 0.5) is 14.5 Å². The number of hydrogen-bond acceptors (Lipinski definition) is 5. The Morgan fingerprint density at radius 1 is 0.884 bits per heavy atom. The summed E-state index contributed by atoms with van der Waals surface area (Å²) in [5.74, 6) is -2.23. The Kier molecular flexibility index (Phi) is 11.1. The second-order valence-electron chi connectivity index (χ2n) is 10.6. The minimum atomic E-state index is -0.697. The number of nitrogens with zero attached hydrogens (tertiary/aromatic N) is 2. The molecule has 8 nitrogen and oxygen atoms in total. The van der Waals surface area contributed by atoms with Crippen molar-refractivity contribution < 1.29 is 23.2 Å². The van der Waals surface area contributed by atoms with E-state index < -0.39 is 17.9 Å². The van der Waals surface area contributed by atoms with Crippen LogP contribution >= 0.6 is 23.2 Å². The molecule has 1 heterocycles. The lowest BCUT2D eigenvalue weighted by Gasteiger charge is -2.39. The summed E-state index contributed by atoms with van der Waals surface area (Å²) in [4.78, 5) is 40.4. The minimum absolute atomic E-state index is 0.0150. The average molecular weight is 633 g/mol. The number of carbonyl (C=O) groups excluding carboxylic acids is 3. The molecule has 3 aromatic carbocycles. The first kappa shape index (κ1) is 32.3. The van der Waals surface area contributed by atoms with Gasteiger partial charge in [-0.3, -0.25) is 24.2 Å². The zero-order valence-electron chi connectivity index (χ0n) is 23.4. The third-order valence-electron chi connectivity index (χ3n) is 7.59. The predicted molar refractivity (Wildman–Crippen MR) is 163 cm³/mol. The topological polar surface area (TPSA) is 122 Å². The summed E-state index contributed by atoms with van der Waals surface area (Å²) >= 11 is 12.4. The number of primary amides is 2. The third kappa shape index (κ3) is 8.73. The Labute approximate surface area is 258 Å². The third-order valence-corrected chi connectivity index (χ3v) is 8.19. The maximum atomic E-state index is 13.5. The van der Waals surface area contributed by atoms with E-state index in [1.54, 1.807) is 24.3 Å². The van der Waals surface area contributed by atoms with Crippen molar-refractivity contribution in [2.75, 3.05) is 38.0 Å². The fourth-order valence-electron chi connectivity index (χ4n) is 5.35. The highest BCUT2D eigenvalue weighted by Crippen LogP contribution is 2.32. The second-order valence-corrected chi connectivity index (χ2v) is 11.4. The van der Waals surface area contributed by atoms with E-state index in [9.17, 15) is 23.2 Å². The molecule has 228 valence electrons. The first-order chi connectivity index (χ1) is 20.5. The van der Waals surface area contributed by atoms with Gasteiger partial charge in [0.15, 0.2) is 0 Å². The van der Waals surface area contributed by atoms with Gasteiger partial charge in [0.2, 0.25) is 17.7 Å². The van der Waals surface area contributed by atoms with Gasteiger partial charge in [0.05, 0.1) is 22.3 Å². The highest BCUT2D eigenvalue weighted by atomic mass is 35.5. The van der Waals surface area contributed by atoms with E-state index in [4.69, 9.17) is 34.7 Å². The second kappa shape index (κ2) is 14.7. The number of piperazine rings is 1. The van der Waals surface area contributed by atoms with Crippen LogP contribution in [-0.4, -0.2) is 66.3 Å². The Morgan fingerprint density at radius 2 is 1.44 bits per heavy atom. The number of rotatable bonds is 12. The summed E-state index contributed by atoms with van der Waals surface area (Å²) in [5, 5.41) is 2.82. The Morgan fingerprint density at radius 3 is 1.95 bits per heavy atom. The molecule has 3 amide bonds. The number of carbonyl (C=O) groups is 3. The SMILES string of the molecule is NC(=O)c1cc(Cl)c(NC(=O)CN2CCN(CCCCC(c3ccc(F)cc3)c3ccc(F)cc3)C(C(N)=O)C2)c(Cl)c1. The molecule has 4 rings (SSSR count). The quantitative estimate of drug-likeness (QED) is 0.248. The maximum Gasteiger partial charge on any atom is 0.248 e. The van der Waals surface area contributed by atoms with Crippen LogP contribution in [0.1, 0.15) is 46.7 Å². The minimum Gasteiger partial charge on any atom is -0.368 e. The molecule has 0 bridgehead atoms. The number of nitrogens with two attached hydrogens (primary N) is 2. The Balaban J connectivity index is 1.31. The molecule has 43 heavy (non-hydrogen) atoms. The molecule has 0 saturated carbocycles. The van der Waals surface area contributed by atoms with E-state index in [0.29, 0.717) is 19.6 Å². The van der Waals surface area contributed by atoms with Crippen molar-refractivity contribution in [3.63, 3.8) is 0 Å². The van der Waals surface area contributed by atoms with Crippen molar-refractivity contribution in [1.29, 1.82) is 0 Å². The highest BCUT2D eigenvalue weighted by molar-refractivity contribution is 6.40. The van der Waals surface area contributed by atoms with Gasteiger partial charge < -0.3 is 16.8 Å². The van der Waals surface area contributed by atoms with Crippen LogP contribution in [0.5, 0.6) is 0 Å². The standard InChI is InChI=1S/C31H33Cl2F2N5O3/c32-25-15-21(30(36)42)16-26(33)29(25)38-28(41)18-39-13-14-40(27(17-39)31(37)43)12-2-1-3-24(19-4-8-22(34)9-5-19)20-6-10-23(35)11-7-20/h4-11,15-16,24,27H,1-3,12-14,17-18H2,(H2,36,42)(H2,37,43)(H,38,41). The van der Waals surface area contributed by atoms with Crippen molar-refractivity contribution in [2.45, 2.75) is 31.2 Å². The van der Waals surface area contributed by atoms with E-state index in [1.165, 1.54) is 36.4 Å². The van der Waals surface area contributed by atoms with Crippen LogP contribution in [0, 0.1) is 11.6 Å². The van der Waals surface area contributed by atoms with Crippen LogP contribution in [0.15, 0.2) is 60.7 Å². The molecule has 5 N–H and O–H groups in total. The van der Waals surface area contributed by atoms with Gasteiger partial charge in [0.25, 0.3) is 0 Å². The van der Waals surface area contributed by atoms with Crippen molar-refractivity contribution in [3.8, 4) is 0 Å². The Hall–Kier alpha value is -3.57. The van der Waals surface area contributed by atoms with Crippen LogP contribution in [0.25, 0.3) is 0 Å². The molecule has 1 fully saturated rings. The maximum absolute atomic E-state index is 13.5. The van der Waals surface area contributed by atoms with Crippen LogP contribution in [0.3, 0.4) is 0 Å². The molecule has 0 aromatic heterocycles. The number of amides is 3. The van der Waals surface area contributed by atoms with E-state index >= 15 is 0 Å². The largest absolute Gasteiger partial charge is 0.368 e. The number of halogens is 4. The van der Waals surface area contributed by atoms with Crippen molar-refractivity contribution in [3.05, 3.63) is 99.0 Å². The zero-order valence-corrected chi connectivity index (χ0v) is 24.9. The van der Waals surface area contributed by atoms with Gasteiger partial charge in [-0.05, 0) is 66.9 Å². The number of benzene rings is 3. The number of hydrogen-bond donors (Lipinski definition) is 3. The highest BCUT2D eigenvalue weighted by Gasteiger charge is 2.31. The number of unbranched alkanes of at least 4 members (excludes halogenated alkanes) is 1. The molecule has 0 aliphatic carbocycles. The normalized spacial score (nSPS) is 15.9. The average Bonchev–Trinajstić information content (AvgIpc) is 2.96. The lowest BCUT2D eigenvalue weighted by Crippen LogP contribution is -2.59. The van der Waals surface area contributed by atoms with Crippen LogP contribution in [0.2, 0.25) is 10.0 Å². The van der Waals surface area contributed by atoms with Crippen LogP contribution < -0.4 is 16.8 Å². The fraction of sp³-hybridized carbons (Fsp3) is 0.323. The fourth-order valence-corrected chi connectivity index (χ4v) is 5.94. The van der Waals surface area contributed by atoms with E-state index in [-0.39, 0.29) is 57.8 Å². The summed E-state index contributed by atoms with van der Waals surface area (Å²) in [6.07, 6.45) is 2.34. The molecule has 0 spiro atoms. The molecule has 1 unspecified atom stereocenters. The molecule has 3 aromatic rings. The first-order valence-electron chi connectivity index (χ1n) is 13.9. The van der Waals surface area contributed by atoms with Gasteiger partial charge in [0, 0.05) is 31.1 Å². The van der Waals surface area contributed by atoms with Crippen molar-refractivity contribution in [1.82, 2.24) is 9.80 Å². The van der Waals surface area contributed by atoms with E-state index in [2.05, 4.69) is 5.32 Å². The van der Waals surface area contributed by atoms with Gasteiger partial charge >= 0.3 is 0 Å². The molecule has 1 atom stereocenters. The lowest BCUT2D eigenvalue weighted by atomic mass is 9.87. The lowest BCUT2D eigenvalue weighted by molar-refractivity contribution is -0.127. The summed E-state index contributed by atoms with van der Waals surface area (Å²) in [5.41, 5.74) is 13.2. The monoisotopic (exact) mass is 631 g/mol. The smallest absolute Gasteiger partial charge is 0.248 e. The Bertz CT molecular complexity index is 1390. The summed E-state index contributed by atoms with van der Waals surface area (Å²) in [6.45, 7) is 1.96. The van der Waals surface area contributed by atoms with Gasteiger partial charge in [-0.15, -0.1) is 0 Å². The summed E-state index contributed by atoms with van der Waals surface area (Å²) in [6, 6.07) is 14.8. The molecular formula is C31H33Cl2F2N5O3. The molecule has 12 heteroatoms. The van der Waals surface area contributed by atoms with Crippen molar-refractivity contribution >= 4 is 46.6 Å². The first-order valence-corrected chi connectivity index (χ1v) is 14.6. The summed E-state index contributed by atoms with van der Waals surface area (Å²) < 4.78 is 27.1. The molecule has 0 radical (unpaired) electrons. The van der Waals surface area contributed by atoms with Crippen molar-refractivity contribution in [2.24, 2.45) is 11.5 Å². The van der Waals surface area contributed by atoms with Gasteiger partial charge in [-0.1, -0.05) is 53.9 Å². The molecule has 1 aliphatic heterocycles. The zero-order chi connectivity index (χ0) is 31.1. The molecular weight excluding hydrogens is 599 g/mol. The summed E-state index contributed by atoms with van der Waals surface area (Å²) in [7, 11) is 0.